The van der Waals surface area contributed by atoms with E-state index in [2.05, 4.69) is 0 Å². The molecular formula is C16H26O4. The van der Waals surface area contributed by atoms with Gasteiger partial charge in [0, 0.05) is 0 Å². The third-order valence-electron chi connectivity index (χ3n) is 5.96. The highest BCUT2D eigenvalue weighted by Gasteiger charge is 2.65. The van der Waals surface area contributed by atoms with E-state index in [0.717, 1.165) is 6.42 Å². The van der Waals surface area contributed by atoms with Crippen molar-refractivity contribution in [2.24, 2.45) is 17.3 Å². The second-order valence-corrected chi connectivity index (χ2v) is 7.98. The van der Waals surface area contributed by atoms with Crippen molar-refractivity contribution in [3.63, 3.8) is 0 Å². The quantitative estimate of drug-likeness (QED) is 0.777. The van der Waals surface area contributed by atoms with Crippen LogP contribution in [0.2, 0.25) is 0 Å². The summed E-state index contributed by atoms with van der Waals surface area (Å²) in [6.45, 7) is 5.71. The van der Waals surface area contributed by atoms with E-state index in [-0.39, 0.29) is 5.97 Å². The Hall–Kier alpha value is -0.610. The zero-order valence-corrected chi connectivity index (χ0v) is 12.7. The van der Waals surface area contributed by atoms with Crippen LogP contribution < -0.4 is 0 Å². The monoisotopic (exact) mass is 282 g/mol. The fraction of sp³-hybridized carbons (Fsp3) is 0.938. The molecule has 0 aromatic heterocycles. The van der Waals surface area contributed by atoms with Crippen LogP contribution >= 0.6 is 0 Å². The van der Waals surface area contributed by atoms with Crippen LogP contribution in [0.25, 0.3) is 0 Å². The molecule has 2 N–H and O–H groups in total. The second kappa shape index (κ2) is 4.20. The summed E-state index contributed by atoms with van der Waals surface area (Å²) in [4.78, 5) is 12.4. The van der Waals surface area contributed by atoms with Gasteiger partial charge in [-0.3, -0.25) is 4.79 Å². The van der Waals surface area contributed by atoms with E-state index in [1.54, 1.807) is 0 Å². The van der Waals surface area contributed by atoms with E-state index in [1.165, 1.54) is 0 Å². The predicted octanol–water partition coefficient (Wildman–Crippen LogP) is 2.02. The molecule has 0 spiro atoms. The van der Waals surface area contributed by atoms with Gasteiger partial charge in [-0.2, -0.15) is 0 Å². The molecule has 4 fully saturated rings. The van der Waals surface area contributed by atoms with Gasteiger partial charge in [0.25, 0.3) is 0 Å². The summed E-state index contributed by atoms with van der Waals surface area (Å²) in [5.74, 6) is 0.520. The first-order valence-electron chi connectivity index (χ1n) is 7.85. The first kappa shape index (κ1) is 14.3. The van der Waals surface area contributed by atoms with Crippen molar-refractivity contribution in [3.8, 4) is 0 Å². The molecule has 0 aromatic rings. The second-order valence-electron chi connectivity index (χ2n) is 7.98. The number of hydrogen-bond acceptors (Lipinski definition) is 4. The highest BCUT2D eigenvalue weighted by molar-refractivity contribution is 5.76. The summed E-state index contributed by atoms with van der Waals surface area (Å²) in [6, 6.07) is 0. The van der Waals surface area contributed by atoms with Crippen molar-refractivity contribution in [1.82, 2.24) is 0 Å². The topological polar surface area (TPSA) is 66.8 Å². The van der Waals surface area contributed by atoms with E-state index in [9.17, 15) is 15.0 Å². The van der Waals surface area contributed by atoms with Crippen LogP contribution in [0, 0.1) is 17.3 Å². The molecule has 0 heterocycles. The lowest BCUT2D eigenvalue weighted by Gasteiger charge is -2.62. The largest absolute Gasteiger partial charge is 0.456 e. The molecule has 0 aliphatic heterocycles. The predicted molar refractivity (Wildman–Crippen MR) is 73.9 cm³/mol. The van der Waals surface area contributed by atoms with Crippen LogP contribution in [0.3, 0.4) is 0 Å². The highest BCUT2D eigenvalue weighted by atomic mass is 16.6. The first-order valence-corrected chi connectivity index (χ1v) is 7.85. The maximum Gasteiger partial charge on any atom is 0.312 e. The normalized spacial score (nSPS) is 46.5. The Morgan fingerprint density at radius 1 is 1.25 bits per heavy atom. The summed E-state index contributed by atoms with van der Waals surface area (Å²) in [7, 11) is 0. The summed E-state index contributed by atoms with van der Waals surface area (Å²) in [5, 5.41) is 21.3. The Kier molecular flexibility index (Phi) is 3.01. The maximum atomic E-state index is 12.4. The number of aliphatic hydroxyl groups is 2. The molecule has 3 atom stereocenters. The Bertz CT molecular complexity index is 414. The lowest BCUT2D eigenvalue weighted by atomic mass is 9.51. The fourth-order valence-electron chi connectivity index (χ4n) is 4.64. The Morgan fingerprint density at radius 2 is 1.80 bits per heavy atom. The molecule has 20 heavy (non-hydrogen) atoms. The van der Waals surface area contributed by atoms with Gasteiger partial charge in [-0.05, 0) is 64.2 Å². The lowest BCUT2D eigenvalue weighted by molar-refractivity contribution is -0.280. The number of aliphatic hydroxyl groups excluding tert-OH is 1. The molecule has 4 nitrogen and oxygen atoms in total. The van der Waals surface area contributed by atoms with Gasteiger partial charge in [-0.15, -0.1) is 0 Å². The zero-order valence-electron chi connectivity index (χ0n) is 12.7. The van der Waals surface area contributed by atoms with Crippen LogP contribution in [0.15, 0.2) is 0 Å². The minimum absolute atomic E-state index is 0.246. The molecule has 4 heteroatoms. The summed E-state index contributed by atoms with van der Waals surface area (Å²) >= 11 is 0. The molecule has 4 bridgehead atoms. The van der Waals surface area contributed by atoms with Gasteiger partial charge in [0.1, 0.15) is 11.7 Å². The SMILES string of the molecule is CCC(C)(C)C(=O)OC12CC3CC(CC(O)(C3)C1O)C2. The standard InChI is InChI=1S/C16H26O4/c1-4-14(2,3)13(18)20-16-8-10-5-11(9-16)7-15(19,6-10)12(16)17/h10-12,17,19H,4-9H2,1-3H3. The van der Waals surface area contributed by atoms with Crippen molar-refractivity contribution < 1.29 is 19.7 Å². The van der Waals surface area contributed by atoms with Crippen molar-refractivity contribution in [3.05, 3.63) is 0 Å². The first-order chi connectivity index (χ1) is 9.21. The van der Waals surface area contributed by atoms with Gasteiger partial charge >= 0.3 is 5.97 Å². The van der Waals surface area contributed by atoms with E-state index >= 15 is 0 Å². The number of carbonyl (C=O) groups excluding carboxylic acids is 1. The van der Waals surface area contributed by atoms with Gasteiger partial charge in [0.05, 0.1) is 11.0 Å². The van der Waals surface area contributed by atoms with Crippen LogP contribution in [-0.2, 0) is 9.53 Å². The Morgan fingerprint density at radius 3 is 2.30 bits per heavy atom. The molecule has 4 saturated carbocycles. The average Bonchev–Trinajstić information content (AvgIpc) is 2.34. The van der Waals surface area contributed by atoms with E-state index in [0.29, 0.717) is 43.9 Å². The fourth-order valence-corrected chi connectivity index (χ4v) is 4.64. The summed E-state index contributed by atoms with van der Waals surface area (Å²) in [6.07, 6.45) is 3.60. The van der Waals surface area contributed by atoms with Crippen LogP contribution in [0.1, 0.15) is 59.3 Å². The summed E-state index contributed by atoms with van der Waals surface area (Å²) < 4.78 is 5.83. The lowest BCUT2D eigenvalue weighted by Crippen LogP contribution is -2.70. The molecule has 0 amide bonds. The minimum atomic E-state index is -1.04. The van der Waals surface area contributed by atoms with Gasteiger partial charge in [-0.1, -0.05) is 6.92 Å². The van der Waals surface area contributed by atoms with Crippen molar-refractivity contribution in [2.75, 3.05) is 0 Å². The Labute approximate surface area is 120 Å². The van der Waals surface area contributed by atoms with Gasteiger partial charge in [0.2, 0.25) is 0 Å². The molecule has 114 valence electrons. The van der Waals surface area contributed by atoms with Gasteiger partial charge < -0.3 is 14.9 Å². The van der Waals surface area contributed by atoms with E-state index in [1.807, 2.05) is 20.8 Å². The number of ether oxygens (including phenoxy) is 1. The van der Waals surface area contributed by atoms with Crippen LogP contribution in [0.4, 0.5) is 0 Å². The molecular weight excluding hydrogens is 256 g/mol. The minimum Gasteiger partial charge on any atom is -0.456 e. The van der Waals surface area contributed by atoms with Crippen LogP contribution in [0.5, 0.6) is 0 Å². The summed E-state index contributed by atoms with van der Waals surface area (Å²) in [5.41, 5.74) is -2.42. The van der Waals surface area contributed by atoms with Gasteiger partial charge in [0.15, 0.2) is 0 Å². The molecule has 0 aromatic carbocycles. The zero-order chi connectivity index (χ0) is 14.8. The molecule has 0 saturated heterocycles. The molecule has 4 aliphatic carbocycles. The van der Waals surface area contributed by atoms with E-state index in [4.69, 9.17) is 4.74 Å². The van der Waals surface area contributed by atoms with Crippen LogP contribution in [-0.4, -0.2) is 33.5 Å². The average molecular weight is 282 g/mol. The van der Waals surface area contributed by atoms with E-state index < -0.39 is 22.7 Å². The molecule has 4 aliphatic rings. The van der Waals surface area contributed by atoms with Crippen molar-refractivity contribution in [2.45, 2.75) is 76.6 Å². The smallest absolute Gasteiger partial charge is 0.312 e. The molecule has 0 radical (unpaired) electrons. The maximum absolute atomic E-state index is 12.4. The number of hydrogen-bond donors (Lipinski definition) is 2. The van der Waals surface area contributed by atoms with Gasteiger partial charge in [-0.25, -0.2) is 0 Å². The van der Waals surface area contributed by atoms with Crippen molar-refractivity contribution in [1.29, 1.82) is 0 Å². The molecule has 4 rings (SSSR count). The molecule has 3 unspecified atom stereocenters. The number of rotatable bonds is 3. The number of carbonyl (C=O) groups is 1. The third kappa shape index (κ3) is 1.92. The third-order valence-corrected chi connectivity index (χ3v) is 5.96. The number of esters is 1. The van der Waals surface area contributed by atoms with Crippen molar-refractivity contribution >= 4 is 5.97 Å². The Balaban J connectivity index is 1.86. The highest BCUT2D eigenvalue weighted by Crippen LogP contribution is 2.59.